The maximum atomic E-state index is 12.4. The van der Waals surface area contributed by atoms with Crippen molar-refractivity contribution in [3.63, 3.8) is 0 Å². The van der Waals surface area contributed by atoms with Gasteiger partial charge in [-0.1, -0.05) is 42.5 Å². The zero-order valence-corrected chi connectivity index (χ0v) is 14.7. The second-order valence-electron chi connectivity index (χ2n) is 5.95. The average molecular weight is 365 g/mol. The quantitative estimate of drug-likeness (QED) is 0.597. The van der Waals surface area contributed by atoms with E-state index in [2.05, 4.69) is 15.5 Å². The number of carbonyl (C=O) groups is 2. The van der Waals surface area contributed by atoms with Crippen molar-refractivity contribution in [1.29, 1.82) is 0 Å². The number of aliphatic carboxylic acids is 1. The van der Waals surface area contributed by atoms with E-state index in [1.807, 2.05) is 48.5 Å². The lowest BCUT2D eigenvalue weighted by atomic mass is 10.1. The number of amides is 1. The number of nitrogens with one attached hydrogen (secondary N) is 2. The molecular weight excluding hydrogens is 346 g/mol. The van der Waals surface area contributed by atoms with Gasteiger partial charge in [-0.2, -0.15) is 5.10 Å². The number of methoxy groups -OCH3 is 1. The van der Waals surface area contributed by atoms with Gasteiger partial charge in [0.25, 0.3) is 5.91 Å². The lowest BCUT2D eigenvalue weighted by molar-refractivity contribution is -0.139. The number of nitrogens with zero attached hydrogens (tertiary/aromatic N) is 1. The number of carboxylic acids is 1. The largest absolute Gasteiger partial charge is 0.497 e. The molecule has 2 aromatic carbocycles. The Labute approximate surface area is 156 Å². The number of ether oxygens (including phenoxy) is 1. The van der Waals surface area contributed by atoms with Crippen molar-refractivity contribution in [2.24, 2.45) is 0 Å². The second kappa shape index (κ2) is 8.18. The van der Waals surface area contributed by atoms with Crippen LogP contribution in [-0.2, 0) is 11.2 Å². The lowest BCUT2D eigenvalue weighted by Crippen LogP contribution is -2.42. The first kappa shape index (κ1) is 18.2. The molecule has 0 fully saturated rings. The van der Waals surface area contributed by atoms with Gasteiger partial charge < -0.3 is 15.2 Å². The monoisotopic (exact) mass is 365 g/mol. The van der Waals surface area contributed by atoms with Gasteiger partial charge in [-0.25, -0.2) is 4.79 Å². The number of H-pyrrole nitrogens is 1. The summed E-state index contributed by atoms with van der Waals surface area (Å²) < 4.78 is 5.18. The van der Waals surface area contributed by atoms with Crippen molar-refractivity contribution < 1.29 is 19.4 Å². The molecule has 0 aliphatic heterocycles. The number of aromatic nitrogens is 2. The molecule has 0 saturated heterocycles. The van der Waals surface area contributed by atoms with E-state index in [9.17, 15) is 14.7 Å². The molecule has 1 aromatic heterocycles. The Morgan fingerprint density at radius 3 is 2.63 bits per heavy atom. The maximum absolute atomic E-state index is 12.4. The predicted octanol–water partition coefficient (Wildman–Crippen LogP) is 2.51. The molecular formula is C20H19N3O4. The summed E-state index contributed by atoms with van der Waals surface area (Å²) in [5, 5.41) is 18.7. The molecule has 3 rings (SSSR count). The fourth-order valence-corrected chi connectivity index (χ4v) is 2.65. The molecule has 0 saturated carbocycles. The van der Waals surface area contributed by atoms with Gasteiger partial charge in [0.2, 0.25) is 0 Å². The molecule has 0 aliphatic rings. The predicted molar refractivity (Wildman–Crippen MR) is 99.6 cm³/mol. The minimum Gasteiger partial charge on any atom is -0.497 e. The van der Waals surface area contributed by atoms with Crippen LogP contribution in [0, 0.1) is 0 Å². The van der Waals surface area contributed by atoms with Gasteiger partial charge in [0.05, 0.1) is 12.8 Å². The summed E-state index contributed by atoms with van der Waals surface area (Å²) in [6.07, 6.45) is 0.193. The molecule has 3 N–H and O–H groups in total. The normalized spacial score (nSPS) is 11.6. The van der Waals surface area contributed by atoms with Crippen LogP contribution in [0.2, 0.25) is 0 Å². The standard InChI is InChI=1S/C20H19N3O4/c1-27-15-9-5-8-14(11-15)16-12-17(23-22-16)19(24)21-18(20(25)26)10-13-6-3-2-4-7-13/h2-9,11-12,18H,10H2,1H3,(H,21,24)(H,22,23)(H,25,26). The first-order chi connectivity index (χ1) is 13.1. The van der Waals surface area contributed by atoms with Crippen molar-refractivity contribution in [1.82, 2.24) is 15.5 Å². The third kappa shape index (κ3) is 4.52. The highest BCUT2D eigenvalue weighted by Gasteiger charge is 2.22. The summed E-state index contributed by atoms with van der Waals surface area (Å²) in [4.78, 5) is 24.0. The Morgan fingerprint density at radius 1 is 1.15 bits per heavy atom. The molecule has 0 radical (unpaired) electrons. The number of benzene rings is 2. The second-order valence-corrected chi connectivity index (χ2v) is 5.95. The Balaban J connectivity index is 1.73. The van der Waals surface area contributed by atoms with Crippen molar-refractivity contribution in [3.8, 4) is 17.0 Å². The molecule has 1 atom stereocenters. The molecule has 3 aromatic rings. The molecule has 138 valence electrons. The van der Waals surface area contributed by atoms with Crippen LogP contribution < -0.4 is 10.1 Å². The number of carbonyl (C=O) groups excluding carboxylic acids is 1. The number of rotatable bonds is 7. The Morgan fingerprint density at radius 2 is 1.93 bits per heavy atom. The van der Waals surface area contributed by atoms with E-state index in [-0.39, 0.29) is 12.1 Å². The average Bonchev–Trinajstić information content (AvgIpc) is 3.18. The van der Waals surface area contributed by atoms with Crippen LogP contribution in [0.25, 0.3) is 11.3 Å². The molecule has 27 heavy (non-hydrogen) atoms. The van der Waals surface area contributed by atoms with E-state index in [0.717, 1.165) is 11.1 Å². The van der Waals surface area contributed by atoms with Crippen molar-refractivity contribution in [3.05, 3.63) is 71.9 Å². The Kier molecular flexibility index (Phi) is 5.51. The van der Waals surface area contributed by atoms with E-state index < -0.39 is 17.9 Å². The van der Waals surface area contributed by atoms with Gasteiger partial charge in [0.15, 0.2) is 0 Å². The minimum atomic E-state index is -1.10. The molecule has 1 amide bonds. The van der Waals surface area contributed by atoms with Crippen LogP contribution in [0.1, 0.15) is 16.1 Å². The van der Waals surface area contributed by atoms with Gasteiger partial charge in [0, 0.05) is 12.0 Å². The maximum Gasteiger partial charge on any atom is 0.326 e. The number of hydrogen-bond acceptors (Lipinski definition) is 4. The molecule has 0 spiro atoms. The smallest absolute Gasteiger partial charge is 0.326 e. The summed E-state index contributed by atoms with van der Waals surface area (Å²) in [6, 6.07) is 16.9. The van der Waals surface area contributed by atoms with Crippen LogP contribution in [-0.4, -0.2) is 40.3 Å². The fraction of sp³-hybridized carbons (Fsp3) is 0.150. The summed E-state index contributed by atoms with van der Waals surface area (Å²) >= 11 is 0. The van der Waals surface area contributed by atoms with Crippen LogP contribution in [0.3, 0.4) is 0 Å². The molecule has 7 heteroatoms. The Hall–Kier alpha value is -3.61. The molecule has 7 nitrogen and oxygen atoms in total. The highest BCUT2D eigenvalue weighted by Crippen LogP contribution is 2.22. The van der Waals surface area contributed by atoms with E-state index in [4.69, 9.17) is 4.74 Å². The van der Waals surface area contributed by atoms with Gasteiger partial charge in [-0.05, 0) is 23.8 Å². The first-order valence-electron chi connectivity index (χ1n) is 8.34. The SMILES string of the molecule is COc1cccc(-c2cc(C(=O)NC(Cc3ccccc3)C(=O)O)[nH]n2)c1. The number of hydrogen-bond donors (Lipinski definition) is 3. The van der Waals surface area contributed by atoms with E-state index in [0.29, 0.717) is 11.4 Å². The highest BCUT2D eigenvalue weighted by molar-refractivity contribution is 5.95. The van der Waals surface area contributed by atoms with E-state index in [1.165, 1.54) is 0 Å². The number of carboxylic acid groups (broad SMARTS) is 1. The van der Waals surface area contributed by atoms with Crippen molar-refractivity contribution in [2.75, 3.05) is 7.11 Å². The molecule has 0 bridgehead atoms. The summed E-state index contributed by atoms with van der Waals surface area (Å²) in [7, 11) is 1.57. The van der Waals surface area contributed by atoms with Crippen molar-refractivity contribution >= 4 is 11.9 Å². The van der Waals surface area contributed by atoms with Crippen LogP contribution >= 0.6 is 0 Å². The van der Waals surface area contributed by atoms with Crippen LogP contribution in [0.5, 0.6) is 5.75 Å². The highest BCUT2D eigenvalue weighted by atomic mass is 16.5. The lowest BCUT2D eigenvalue weighted by Gasteiger charge is -2.13. The third-order valence-electron chi connectivity index (χ3n) is 4.07. The number of aromatic amines is 1. The zero-order valence-electron chi connectivity index (χ0n) is 14.7. The van der Waals surface area contributed by atoms with E-state index >= 15 is 0 Å². The summed E-state index contributed by atoms with van der Waals surface area (Å²) in [6.45, 7) is 0. The van der Waals surface area contributed by atoms with Crippen LogP contribution in [0.15, 0.2) is 60.7 Å². The first-order valence-corrected chi connectivity index (χ1v) is 8.34. The van der Waals surface area contributed by atoms with Gasteiger partial charge in [-0.3, -0.25) is 9.89 Å². The topological polar surface area (TPSA) is 104 Å². The van der Waals surface area contributed by atoms with Crippen LogP contribution in [0.4, 0.5) is 0 Å². The van der Waals surface area contributed by atoms with E-state index in [1.54, 1.807) is 19.2 Å². The molecule has 0 aliphatic carbocycles. The van der Waals surface area contributed by atoms with Gasteiger partial charge in [0.1, 0.15) is 17.5 Å². The molecule has 1 unspecified atom stereocenters. The fourth-order valence-electron chi connectivity index (χ4n) is 2.65. The minimum absolute atomic E-state index is 0.187. The zero-order chi connectivity index (χ0) is 19.2. The molecule has 1 heterocycles. The van der Waals surface area contributed by atoms with Crippen molar-refractivity contribution in [2.45, 2.75) is 12.5 Å². The third-order valence-corrected chi connectivity index (χ3v) is 4.07. The van der Waals surface area contributed by atoms with Gasteiger partial charge >= 0.3 is 5.97 Å². The summed E-state index contributed by atoms with van der Waals surface area (Å²) in [5.41, 5.74) is 2.36. The van der Waals surface area contributed by atoms with Gasteiger partial charge in [-0.15, -0.1) is 0 Å². The summed E-state index contributed by atoms with van der Waals surface area (Å²) in [5.74, 6) is -0.949. The Bertz CT molecular complexity index is 937.